The molecular formula is C29H29ClF3N5O6. The van der Waals surface area contributed by atoms with Gasteiger partial charge in [-0.25, -0.2) is 4.79 Å². The molecule has 1 atom stereocenters. The summed E-state index contributed by atoms with van der Waals surface area (Å²) in [7, 11) is 0. The van der Waals surface area contributed by atoms with Gasteiger partial charge in [0.1, 0.15) is 17.6 Å². The van der Waals surface area contributed by atoms with Gasteiger partial charge in [-0.15, -0.1) is 0 Å². The molecule has 0 fully saturated rings. The van der Waals surface area contributed by atoms with Gasteiger partial charge in [-0.1, -0.05) is 29.8 Å². The fourth-order valence-electron chi connectivity index (χ4n) is 3.77. The van der Waals surface area contributed by atoms with Crippen LogP contribution in [0, 0.1) is 5.41 Å². The molecule has 0 aliphatic heterocycles. The van der Waals surface area contributed by atoms with Crippen LogP contribution in [-0.2, 0) is 9.59 Å². The largest absolute Gasteiger partial charge is 0.491 e. The Labute approximate surface area is 255 Å². The number of rotatable bonds is 11. The van der Waals surface area contributed by atoms with Gasteiger partial charge >= 0.3 is 12.1 Å². The van der Waals surface area contributed by atoms with Gasteiger partial charge < -0.3 is 25.3 Å². The number of nitrogen functional groups attached to an aromatic ring is 1. The predicted molar refractivity (Wildman–Crippen MR) is 156 cm³/mol. The van der Waals surface area contributed by atoms with Gasteiger partial charge in [0.25, 0.3) is 11.8 Å². The molecule has 0 bridgehead atoms. The van der Waals surface area contributed by atoms with Gasteiger partial charge in [-0.3, -0.25) is 25.8 Å². The van der Waals surface area contributed by atoms with Crippen molar-refractivity contribution in [3.8, 4) is 17.2 Å². The summed E-state index contributed by atoms with van der Waals surface area (Å²) in [5, 5.41) is 10.6. The number of hydrogen-bond acceptors (Lipinski definition) is 8. The maximum Gasteiger partial charge on any atom is 0.491 e. The Hall–Kier alpha value is -4.98. The number of esters is 1. The summed E-state index contributed by atoms with van der Waals surface area (Å²) in [6.07, 6.45) is -5.52. The lowest BCUT2D eigenvalue weighted by molar-refractivity contribution is -0.189. The van der Waals surface area contributed by atoms with Gasteiger partial charge in [0.05, 0.1) is 28.9 Å². The molecule has 15 heteroatoms. The molecule has 3 aromatic carbocycles. The molecule has 0 radical (unpaired) electrons. The lowest BCUT2D eigenvalue weighted by Crippen LogP contribution is -2.45. The highest BCUT2D eigenvalue weighted by Gasteiger charge is 2.42. The van der Waals surface area contributed by atoms with E-state index >= 15 is 0 Å². The Bertz CT molecular complexity index is 1550. The average Bonchev–Trinajstić information content (AvgIpc) is 2.95. The molecule has 0 saturated carbocycles. The molecule has 11 nitrogen and oxygen atoms in total. The highest BCUT2D eigenvalue weighted by atomic mass is 35.5. The van der Waals surface area contributed by atoms with Gasteiger partial charge in [-0.05, 0) is 62.7 Å². The van der Waals surface area contributed by atoms with E-state index in [0.717, 1.165) is 12.1 Å². The smallest absolute Gasteiger partial charge is 0.490 e. The second-order valence-electron chi connectivity index (χ2n) is 9.32. The van der Waals surface area contributed by atoms with E-state index in [1.54, 1.807) is 31.2 Å². The summed E-state index contributed by atoms with van der Waals surface area (Å²) >= 11 is 6.07. The van der Waals surface area contributed by atoms with Crippen molar-refractivity contribution in [2.75, 3.05) is 11.9 Å². The van der Waals surface area contributed by atoms with E-state index < -0.39 is 41.6 Å². The van der Waals surface area contributed by atoms with Crippen LogP contribution >= 0.6 is 11.6 Å². The standard InChI is InChI=1S/C29H29ClF3N5O6/c1-4-42-23-13-16(9-12-21(23)43-15(2)3)24(27(40)38-37-26(39)18-7-5-6-8-20(18)30)36-17-10-11-19(25(34)35)22(14-17)44-28(41)29(31,32)33/h5-15,24,36H,4H2,1-3H3,(H3,34,35)(H,37,39)(H,38,40). The first kappa shape index (κ1) is 33.5. The Morgan fingerprint density at radius 3 is 2.27 bits per heavy atom. The molecule has 2 amide bonds. The number of halogens is 4. The minimum atomic E-state index is -5.32. The molecule has 0 spiro atoms. The van der Waals surface area contributed by atoms with E-state index in [4.69, 9.17) is 32.2 Å². The Kier molecular flexibility index (Phi) is 11.0. The Balaban J connectivity index is 2.01. The Morgan fingerprint density at radius 2 is 1.66 bits per heavy atom. The van der Waals surface area contributed by atoms with E-state index in [-0.39, 0.29) is 34.5 Å². The van der Waals surface area contributed by atoms with Crippen molar-refractivity contribution in [2.45, 2.75) is 39.1 Å². The number of hydrogen-bond donors (Lipinski definition) is 5. The molecule has 0 aromatic heterocycles. The summed E-state index contributed by atoms with van der Waals surface area (Å²) < 4.78 is 54.7. The summed E-state index contributed by atoms with van der Waals surface area (Å²) in [5.74, 6) is -4.71. The first-order chi connectivity index (χ1) is 20.7. The van der Waals surface area contributed by atoms with Crippen molar-refractivity contribution in [1.29, 1.82) is 5.41 Å². The highest BCUT2D eigenvalue weighted by Crippen LogP contribution is 2.34. The monoisotopic (exact) mass is 635 g/mol. The zero-order chi connectivity index (χ0) is 32.6. The zero-order valence-corrected chi connectivity index (χ0v) is 24.4. The number of amides is 2. The van der Waals surface area contributed by atoms with Crippen molar-refractivity contribution < 1.29 is 41.8 Å². The molecule has 3 aromatic rings. The topological polar surface area (TPSA) is 165 Å². The summed E-state index contributed by atoms with van der Waals surface area (Å²) in [4.78, 5) is 37.7. The third-order valence-electron chi connectivity index (χ3n) is 5.66. The quantitative estimate of drug-likeness (QED) is 0.0653. The van der Waals surface area contributed by atoms with E-state index in [1.165, 1.54) is 24.3 Å². The van der Waals surface area contributed by atoms with Gasteiger partial charge in [-0.2, -0.15) is 13.2 Å². The molecule has 234 valence electrons. The molecule has 3 rings (SSSR count). The summed E-state index contributed by atoms with van der Waals surface area (Å²) in [6.45, 7) is 5.64. The summed E-state index contributed by atoms with van der Waals surface area (Å²) in [6, 6.07) is 12.9. The molecule has 44 heavy (non-hydrogen) atoms. The van der Waals surface area contributed by atoms with Gasteiger partial charge in [0, 0.05) is 11.8 Å². The maximum atomic E-state index is 13.5. The third-order valence-corrected chi connectivity index (χ3v) is 5.99. The van der Waals surface area contributed by atoms with Crippen molar-refractivity contribution in [1.82, 2.24) is 10.9 Å². The molecule has 6 N–H and O–H groups in total. The number of amidine groups is 1. The number of hydrazine groups is 1. The second-order valence-corrected chi connectivity index (χ2v) is 9.73. The molecule has 0 aliphatic carbocycles. The van der Waals surface area contributed by atoms with E-state index in [2.05, 4.69) is 20.9 Å². The average molecular weight is 636 g/mol. The Morgan fingerprint density at radius 1 is 0.955 bits per heavy atom. The lowest BCUT2D eigenvalue weighted by Gasteiger charge is -2.23. The molecular weight excluding hydrogens is 607 g/mol. The predicted octanol–water partition coefficient (Wildman–Crippen LogP) is 4.89. The van der Waals surface area contributed by atoms with Crippen molar-refractivity contribution in [3.63, 3.8) is 0 Å². The lowest BCUT2D eigenvalue weighted by atomic mass is 10.0. The molecule has 0 saturated heterocycles. The van der Waals surface area contributed by atoms with Crippen LogP contribution in [0.5, 0.6) is 17.2 Å². The second kappa shape index (κ2) is 14.5. The SMILES string of the molecule is CCOc1cc(C(Nc2ccc(C(=N)N)c(OC(=O)C(F)(F)F)c2)C(=O)NNC(=O)c2ccccc2Cl)ccc1OC(C)C. The fraction of sp³-hybridized carbons (Fsp3) is 0.241. The van der Waals surface area contributed by atoms with E-state index in [1.807, 2.05) is 13.8 Å². The third kappa shape index (κ3) is 8.77. The number of anilines is 1. The first-order valence-electron chi connectivity index (χ1n) is 13.0. The number of carbonyl (C=O) groups is 3. The molecule has 0 aliphatic rings. The normalized spacial score (nSPS) is 11.7. The van der Waals surface area contributed by atoms with Crippen LogP contribution in [0.25, 0.3) is 0 Å². The zero-order valence-electron chi connectivity index (χ0n) is 23.7. The minimum absolute atomic E-state index is 0.00183. The molecule has 1 unspecified atom stereocenters. The number of carbonyl (C=O) groups excluding carboxylic acids is 3. The molecule has 0 heterocycles. The number of ether oxygens (including phenoxy) is 3. The van der Waals surface area contributed by atoms with Crippen LogP contribution < -0.4 is 36.1 Å². The van der Waals surface area contributed by atoms with Gasteiger partial charge in [0.15, 0.2) is 11.5 Å². The van der Waals surface area contributed by atoms with E-state index in [9.17, 15) is 27.6 Å². The van der Waals surface area contributed by atoms with Gasteiger partial charge in [0.2, 0.25) is 0 Å². The van der Waals surface area contributed by atoms with Crippen molar-refractivity contribution in [3.05, 3.63) is 82.4 Å². The number of benzene rings is 3. The fourth-order valence-corrected chi connectivity index (χ4v) is 3.99. The number of nitrogens with one attached hydrogen (secondary N) is 4. The van der Waals surface area contributed by atoms with E-state index in [0.29, 0.717) is 17.1 Å². The van der Waals surface area contributed by atoms with Crippen LogP contribution in [0.15, 0.2) is 60.7 Å². The van der Waals surface area contributed by atoms with Crippen LogP contribution in [0.4, 0.5) is 18.9 Å². The number of alkyl halides is 3. The van der Waals surface area contributed by atoms with Crippen molar-refractivity contribution >= 4 is 40.9 Å². The summed E-state index contributed by atoms with van der Waals surface area (Å²) in [5.41, 5.74) is 10.1. The van der Waals surface area contributed by atoms with Crippen LogP contribution in [0.2, 0.25) is 5.02 Å². The highest BCUT2D eigenvalue weighted by molar-refractivity contribution is 6.33. The van der Waals surface area contributed by atoms with Crippen LogP contribution in [0.3, 0.4) is 0 Å². The minimum Gasteiger partial charge on any atom is -0.490 e. The maximum absolute atomic E-state index is 13.5. The van der Waals surface area contributed by atoms with Crippen LogP contribution in [-0.4, -0.2) is 42.5 Å². The number of nitrogens with two attached hydrogens (primary N) is 1. The van der Waals surface area contributed by atoms with Crippen molar-refractivity contribution in [2.24, 2.45) is 5.73 Å². The first-order valence-corrected chi connectivity index (χ1v) is 13.4. The van der Waals surface area contributed by atoms with Crippen LogP contribution in [0.1, 0.15) is 48.3 Å².